The van der Waals surface area contributed by atoms with Gasteiger partial charge in [0.2, 0.25) is 0 Å². The molecule has 0 bridgehead atoms. The minimum Gasteiger partial charge on any atom is -0.496 e. The minimum absolute atomic E-state index is 0.154. The monoisotopic (exact) mass is 277 g/mol. The highest BCUT2D eigenvalue weighted by atomic mass is 16.5. The van der Waals surface area contributed by atoms with Gasteiger partial charge < -0.3 is 20.7 Å². The summed E-state index contributed by atoms with van der Waals surface area (Å²) in [7, 11) is 3.67. The van der Waals surface area contributed by atoms with E-state index in [0.29, 0.717) is 29.5 Å². The number of carbonyl (C=O) groups is 1. The van der Waals surface area contributed by atoms with E-state index in [1.165, 1.54) is 0 Å². The maximum Gasteiger partial charge on any atom is 0.257 e. The second kappa shape index (κ2) is 6.61. The van der Waals surface area contributed by atoms with Gasteiger partial charge in [-0.25, -0.2) is 0 Å². The molecule has 1 saturated heterocycles. The Balaban J connectivity index is 1.95. The standard InChI is InChI=1S/C15H23N3O2/c1-18-8-6-11(7-9-18)10-17-15(19)14-12(16)4-3-5-13(14)20-2/h3-5,11H,6-10,16H2,1-2H3,(H,17,19). The predicted octanol–water partition coefficient (Wildman–Crippen LogP) is 1.35. The van der Waals surface area contributed by atoms with E-state index in [1.807, 2.05) is 0 Å². The highest BCUT2D eigenvalue weighted by Gasteiger charge is 2.20. The van der Waals surface area contributed by atoms with Gasteiger partial charge in [0.1, 0.15) is 11.3 Å². The number of carbonyl (C=O) groups excluding carboxylic acids is 1. The average molecular weight is 277 g/mol. The Morgan fingerprint density at radius 3 is 2.80 bits per heavy atom. The molecule has 1 aliphatic heterocycles. The number of ether oxygens (including phenoxy) is 1. The van der Waals surface area contributed by atoms with Crippen LogP contribution in [0, 0.1) is 5.92 Å². The number of nitrogen functional groups attached to an aromatic ring is 1. The van der Waals surface area contributed by atoms with Crippen molar-refractivity contribution in [3.05, 3.63) is 23.8 Å². The molecule has 0 aliphatic carbocycles. The van der Waals surface area contributed by atoms with Gasteiger partial charge in [-0.2, -0.15) is 0 Å². The summed E-state index contributed by atoms with van der Waals surface area (Å²) < 4.78 is 5.21. The third-order valence-corrected chi connectivity index (χ3v) is 3.89. The fourth-order valence-corrected chi connectivity index (χ4v) is 2.55. The molecule has 1 fully saturated rings. The molecule has 5 heteroatoms. The summed E-state index contributed by atoms with van der Waals surface area (Å²) in [5, 5.41) is 2.98. The largest absolute Gasteiger partial charge is 0.496 e. The number of methoxy groups -OCH3 is 1. The summed E-state index contributed by atoms with van der Waals surface area (Å²) in [5.74, 6) is 0.913. The van der Waals surface area contributed by atoms with Crippen molar-refractivity contribution in [3.63, 3.8) is 0 Å². The van der Waals surface area contributed by atoms with Crippen LogP contribution in [0.4, 0.5) is 5.69 Å². The Kier molecular flexibility index (Phi) is 4.84. The van der Waals surface area contributed by atoms with Crippen molar-refractivity contribution in [2.75, 3.05) is 39.5 Å². The zero-order valence-electron chi connectivity index (χ0n) is 12.2. The molecule has 5 nitrogen and oxygen atoms in total. The third kappa shape index (κ3) is 3.42. The van der Waals surface area contributed by atoms with Gasteiger partial charge in [0.25, 0.3) is 5.91 Å². The van der Waals surface area contributed by atoms with Gasteiger partial charge >= 0.3 is 0 Å². The molecule has 1 heterocycles. The van der Waals surface area contributed by atoms with E-state index in [0.717, 1.165) is 25.9 Å². The smallest absolute Gasteiger partial charge is 0.257 e. The molecular formula is C15H23N3O2. The summed E-state index contributed by atoms with van der Waals surface area (Å²) in [4.78, 5) is 14.6. The number of nitrogens with zero attached hydrogens (tertiary/aromatic N) is 1. The van der Waals surface area contributed by atoms with Crippen LogP contribution in [0.2, 0.25) is 0 Å². The molecule has 2 rings (SSSR count). The molecule has 3 N–H and O–H groups in total. The van der Waals surface area contributed by atoms with Crippen molar-refractivity contribution in [2.24, 2.45) is 5.92 Å². The lowest BCUT2D eigenvalue weighted by Gasteiger charge is -2.29. The van der Waals surface area contributed by atoms with E-state index in [9.17, 15) is 4.79 Å². The molecule has 1 aliphatic rings. The van der Waals surface area contributed by atoms with E-state index in [2.05, 4.69) is 17.3 Å². The maximum atomic E-state index is 12.3. The summed E-state index contributed by atoms with van der Waals surface area (Å²) >= 11 is 0. The van der Waals surface area contributed by atoms with Crippen molar-refractivity contribution in [2.45, 2.75) is 12.8 Å². The molecule has 1 amide bonds. The second-order valence-electron chi connectivity index (χ2n) is 5.38. The van der Waals surface area contributed by atoms with Crippen LogP contribution < -0.4 is 15.8 Å². The summed E-state index contributed by atoms with van der Waals surface area (Å²) in [6, 6.07) is 5.25. The van der Waals surface area contributed by atoms with E-state index >= 15 is 0 Å². The third-order valence-electron chi connectivity index (χ3n) is 3.89. The van der Waals surface area contributed by atoms with Crippen LogP contribution >= 0.6 is 0 Å². The topological polar surface area (TPSA) is 67.6 Å². The van der Waals surface area contributed by atoms with Gasteiger partial charge in [-0.05, 0) is 51.0 Å². The summed E-state index contributed by atoms with van der Waals surface area (Å²) in [5.41, 5.74) is 6.76. The second-order valence-corrected chi connectivity index (χ2v) is 5.38. The fraction of sp³-hybridized carbons (Fsp3) is 0.533. The van der Waals surface area contributed by atoms with Gasteiger partial charge in [0.15, 0.2) is 0 Å². The quantitative estimate of drug-likeness (QED) is 0.815. The number of rotatable bonds is 4. The molecule has 0 radical (unpaired) electrons. The molecule has 110 valence electrons. The van der Waals surface area contributed by atoms with Crippen LogP contribution in [0.1, 0.15) is 23.2 Å². The van der Waals surface area contributed by atoms with Crippen LogP contribution in [0.25, 0.3) is 0 Å². The van der Waals surface area contributed by atoms with Crippen LogP contribution in [-0.2, 0) is 0 Å². The Hall–Kier alpha value is -1.75. The molecule has 0 spiro atoms. The maximum absolute atomic E-state index is 12.3. The number of piperidine rings is 1. The number of anilines is 1. The molecule has 1 aromatic carbocycles. The highest BCUT2D eigenvalue weighted by Crippen LogP contribution is 2.24. The Morgan fingerprint density at radius 1 is 1.45 bits per heavy atom. The molecular weight excluding hydrogens is 254 g/mol. The first-order chi connectivity index (χ1) is 9.61. The van der Waals surface area contributed by atoms with E-state index < -0.39 is 0 Å². The van der Waals surface area contributed by atoms with E-state index in [-0.39, 0.29) is 5.91 Å². The number of amides is 1. The Morgan fingerprint density at radius 2 is 2.15 bits per heavy atom. The first-order valence-electron chi connectivity index (χ1n) is 7.01. The number of hydrogen-bond acceptors (Lipinski definition) is 4. The zero-order valence-corrected chi connectivity index (χ0v) is 12.2. The molecule has 0 unspecified atom stereocenters. The van der Waals surface area contributed by atoms with Crippen molar-refractivity contribution in [3.8, 4) is 5.75 Å². The Bertz CT molecular complexity index is 468. The lowest BCUT2D eigenvalue weighted by Crippen LogP contribution is -2.37. The van der Waals surface area contributed by atoms with Crippen LogP contribution in [0.3, 0.4) is 0 Å². The molecule has 0 atom stereocenters. The van der Waals surface area contributed by atoms with E-state index in [1.54, 1.807) is 25.3 Å². The van der Waals surface area contributed by atoms with E-state index in [4.69, 9.17) is 10.5 Å². The predicted molar refractivity (Wildman–Crippen MR) is 80.0 cm³/mol. The molecule has 20 heavy (non-hydrogen) atoms. The Labute approximate surface area is 120 Å². The van der Waals surface area contributed by atoms with Gasteiger partial charge in [-0.15, -0.1) is 0 Å². The number of nitrogens with one attached hydrogen (secondary N) is 1. The summed E-state index contributed by atoms with van der Waals surface area (Å²) in [6.07, 6.45) is 2.25. The zero-order chi connectivity index (χ0) is 14.5. The fourth-order valence-electron chi connectivity index (χ4n) is 2.55. The number of hydrogen-bond donors (Lipinski definition) is 2. The van der Waals surface area contributed by atoms with Crippen molar-refractivity contribution in [1.29, 1.82) is 0 Å². The lowest BCUT2D eigenvalue weighted by atomic mass is 9.97. The van der Waals surface area contributed by atoms with Gasteiger partial charge in [-0.1, -0.05) is 6.07 Å². The first-order valence-corrected chi connectivity index (χ1v) is 7.01. The van der Waals surface area contributed by atoms with Crippen LogP contribution in [0.5, 0.6) is 5.75 Å². The van der Waals surface area contributed by atoms with Crippen LogP contribution in [0.15, 0.2) is 18.2 Å². The van der Waals surface area contributed by atoms with Crippen molar-refractivity contribution >= 4 is 11.6 Å². The molecule has 0 aromatic heterocycles. The minimum atomic E-state index is -0.154. The van der Waals surface area contributed by atoms with Gasteiger partial charge in [-0.3, -0.25) is 4.79 Å². The highest BCUT2D eigenvalue weighted by molar-refractivity contribution is 6.01. The molecule has 1 aromatic rings. The normalized spacial score (nSPS) is 16.9. The van der Waals surface area contributed by atoms with Gasteiger partial charge in [0, 0.05) is 12.2 Å². The average Bonchev–Trinajstić information content (AvgIpc) is 2.46. The van der Waals surface area contributed by atoms with Crippen LogP contribution in [-0.4, -0.2) is 44.6 Å². The SMILES string of the molecule is COc1cccc(N)c1C(=O)NCC1CCN(C)CC1. The number of nitrogens with two attached hydrogens (primary N) is 1. The van der Waals surface area contributed by atoms with Crippen molar-refractivity contribution < 1.29 is 9.53 Å². The van der Waals surface area contributed by atoms with Gasteiger partial charge in [0.05, 0.1) is 7.11 Å². The first kappa shape index (κ1) is 14.7. The summed E-state index contributed by atoms with van der Waals surface area (Å²) in [6.45, 7) is 2.89. The van der Waals surface area contributed by atoms with Crippen molar-refractivity contribution in [1.82, 2.24) is 10.2 Å². The lowest BCUT2D eigenvalue weighted by molar-refractivity contribution is 0.0937. The number of benzene rings is 1. The number of likely N-dealkylation sites (tertiary alicyclic amines) is 1. The molecule has 0 saturated carbocycles.